The standard InChI is InChI=1S/C18H20FN3O3S/c1-12-8-13(2)20-11-15(12)5-7-18(23)21-10-14-4-6-17(16(19)9-14)22-26(3,24)25/h4-9,11,22H,10H2,1-3H3,(H,21,23)/b7-5+. The third-order valence-electron chi connectivity index (χ3n) is 3.50. The lowest BCUT2D eigenvalue weighted by atomic mass is 10.1. The van der Waals surface area contributed by atoms with Crippen LogP contribution in [-0.4, -0.2) is 25.6 Å². The molecule has 2 aromatic rings. The molecule has 2 N–H and O–H groups in total. The smallest absolute Gasteiger partial charge is 0.244 e. The van der Waals surface area contributed by atoms with Crippen molar-refractivity contribution < 1.29 is 17.6 Å². The fourth-order valence-electron chi connectivity index (χ4n) is 2.25. The minimum atomic E-state index is -3.55. The van der Waals surface area contributed by atoms with Crippen LogP contribution in [0.25, 0.3) is 6.08 Å². The van der Waals surface area contributed by atoms with Gasteiger partial charge in [-0.15, -0.1) is 0 Å². The number of nitrogens with one attached hydrogen (secondary N) is 2. The highest BCUT2D eigenvalue weighted by molar-refractivity contribution is 7.92. The molecule has 0 aliphatic carbocycles. The van der Waals surface area contributed by atoms with E-state index in [4.69, 9.17) is 0 Å². The van der Waals surface area contributed by atoms with Crippen LogP contribution in [-0.2, 0) is 21.4 Å². The first-order chi connectivity index (χ1) is 12.1. The van der Waals surface area contributed by atoms with Gasteiger partial charge in [0.05, 0.1) is 11.9 Å². The second kappa shape index (κ2) is 8.09. The van der Waals surface area contributed by atoms with Crippen molar-refractivity contribution in [1.82, 2.24) is 10.3 Å². The number of nitrogens with zero attached hydrogens (tertiary/aromatic N) is 1. The van der Waals surface area contributed by atoms with Gasteiger partial charge in [0.2, 0.25) is 15.9 Å². The molecular formula is C18H20FN3O3S. The molecule has 1 amide bonds. The van der Waals surface area contributed by atoms with E-state index in [1.165, 1.54) is 24.3 Å². The van der Waals surface area contributed by atoms with Gasteiger partial charge in [-0.3, -0.25) is 14.5 Å². The summed E-state index contributed by atoms with van der Waals surface area (Å²) in [6.45, 7) is 3.94. The van der Waals surface area contributed by atoms with Gasteiger partial charge < -0.3 is 5.32 Å². The molecule has 0 unspecified atom stereocenters. The van der Waals surface area contributed by atoms with Gasteiger partial charge in [-0.1, -0.05) is 6.07 Å². The number of benzene rings is 1. The predicted molar refractivity (Wildman–Crippen MR) is 99.5 cm³/mol. The maximum atomic E-state index is 13.9. The van der Waals surface area contributed by atoms with E-state index in [2.05, 4.69) is 15.0 Å². The molecular weight excluding hydrogens is 357 g/mol. The highest BCUT2D eigenvalue weighted by atomic mass is 32.2. The van der Waals surface area contributed by atoms with Crippen LogP contribution in [0.15, 0.2) is 36.5 Å². The first kappa shape index (κ1) is 19.6. The van der Waals surface area contributed by atoms with Crippen LogP contribution in [0.3, 0.4) is 0 Å². The molecule has 1 aromatic heterocycles. The maximum Gasteiger partial charge on any atom is 0.244 e. The SMILES string of the molecule is Cc1cc(C)c(/C=C/C(=O)NCc2ccc(NS(C)(=O)=O)c(F)c2)cn1. The predicted octanol–water partition coefficient (Wildman–Crippen LogP) is 2.54. The van der Waals surface area contributed by atoms with Gasteiger partial charge in [-0.25, -0.2) is 12.8 Å². The van der Waals surface area contributed by atoms with Crippen molar-refractivity contribution in [1.29, 1.82) is 0 Å². The molecule has 0 atom stereocenters. The van der Waals surface area contributed by atoms with E-state index in [0.717, 1.165) is 23.1 Å². The number of hydrogen-bond acceptors (Lipinski definition) is 4. The van der Waals surface area contributed by atoms with Crippen molar-refractivity contribution in [2.45, 2.75) is 20.4 Å². The van der Waals surface area contributed by atoms with Crippen molar-refractivity contribution in [3.8, 4) is 0 Å². The first-order valence-corrected chi connectivity index (χ1v) is 9.68. The van der Waals surface area contributed by atoms with Gasteiger partial charge in [-0.2, -0.15) is 0 Å². The summed E-state index contributed by atoms with van der Waals surface area (Å²) in [6, 6.07) is 5.95. The second-order valence-corrected chi connectivity index (χ2v) is 7.67. The number of aromatic nitrogens is 1. The molecule has 0 fully saturated rings. The molecule has 0 radical (unpaired) electrons. The average molecular weight is 377 g/mol. The number of halogens is 1. The van der Waals surface area contributed by atoms with Gasteiger partial charge in [-0.05, 0) is 54.8 Å². The van der Waals surface area contributed by atoms with E-state index >= 15 is 0 Å². The summed E-state index contributed by atoms with van der Waals surface area (Å²) in [5.74, 6) is -1.04. The lowest BCUT2D eigenvalue weighted by Gasteiger charge is -2.08. The van der Waals surface area contributed by atoms with Gasteiger partial charge in [0, 0.05) is 24.5 Å². The van der Waals surface area contributed by atoms with Crippen molar-refractivity contribution in [3.05, 3.63) is 64.7 Å². The minimum absolute atomic E-state index is 0.115. The summed E-state index contributed by atoms with van der Waals surface area (Å²) in [7, 11) is -3.55. The normalized spacial score (nSPS) is 11.5. The van der Waals surface area contributed by atoms with E-state index in [1.54, 1.807) is 12.3 Å². The number of rotatable bonds is 6. The zero-order valence-corrected chi connectivity index (χ0v) is 15.5. The Bertz CT molecular complexity index is 956. The molecule has 1 heterocycles. The highest BCUT2D eigenvalue weighted by Crippen LogP contribution is 2.17. The van der Waals surface area contributed by atoms with Crippen LogP contribution < -0.4 is 10.0 Å². The van der Waals surface area contributed by atoms with E-state index in [-0.39, 0.29) is 18.1 Å². The van der Waals surface area contributed by atoms with Crippen molar-refractivity contribution in [3.63, 3.8) is 0 Å². The number of anilines is 1. The van der Waals surface area contributed by atoms with Gasteiger partial charge in [0.15, 0.2) is 0 Å². The lowest BCUT2D eigenvalue weighted by Crippen LogP contribution is -2.20. The molecule has 0 aliphatic rings. The molecule has 8 heteroatoms. The topological polar surface area (TPSA) is 88.2 Å². The lowest BCUT2D eigenvalue weighted by molar-refractivity contribution is -0.116. The van der Waals surface area contributed by atoms with E-state index in [1.807, 2.05) is 19.9 Å². The molecule has 0 bridgehead atoms. The number of pyridine rings is 1. The fourth-order valence-corrected chi connectivity index (χ4v) is 2.81. The Hall–Kier alpha value is -2.74. The number of sulfonamides is 1. The Morgan fingerprint density at radius 2 is 2.00 bits per heavy atom. The minimum Gasteiger partial charge on any atom is -0.348 e. The molecule has 0 spiro atoms. The molecule has 1 aromatic carbocycles. The van der Waals surface area contributed by atoms with Crippen LogP contribution in [0.1, 0.15) is 22.4 Å². The monoisotopic (exact) mass is 377 g/mol. The van der Waals surface area contributed by atoms with Crippen LogP contribution >= 0.6 is 0 Å². The quantitative estimate of drug-likeness (QED) is 0.757. The Balaban J connectivity index is 1.96. The molecule has 2 rings (SSSR count). The Morgan fingerprint density at radius 1 is 1.27 bits per heavy atom. The van der Waals surface area contributed by atoms with E-state index < -0.39 is 15.8 Å². The number of aryl methyl sites for hydroxylation is 2. The molecule has 6 nitrogen and oxygen atoms in total. The zero-order chi connectivity index (χ0) is 19.3. The molecule has 138 valence electrons. The molecule has 0 saturated heterocycles. The average Bonchev–Trinajstić information content (AvgIpc) is 2.53. The molecule has 26 heavy (non-hydrogen) atoms. The van der Waals surface area contributed by atoms with Crippen LogP contribution in [0, 0.1) is 19.7 Å². The summed E-state index contributed by atoms with van der Waals surface area (Å²) in [5.41, 5.74) is 3.13. The largest absolute Gasteiger partial charge is 0.348 e. The summed E-state index contributed by atoms with van der Waals surface area (Å²) in [6.07, 6.45) is 5.68. The van der Waals surface area contributed by atoms with Gasteiger partial charge in [0.1, 0.15) is 5.82 Å². The number of hydrogen-bond donors (Lipinski definition) is 2. The number of carbonyl (C=O) groups excluding carboxylic acids is 1. The van der Waals surface area contributed by atoms with Gasteiger partial charge >= 0.3 is 0 Å². The Labute approximate surface area is 152 Å². The van der Waals surface area contributed by atoms with Crippen molar-refractivity contribution in [2.75, 3.05) is 11.0 Å². The van der Waals surface area contributed by atoms with Crippen LogP contribution in [0.2, 0.25) is 0 Å². The number of amides is 1. The summed E-state index contributed by atoms with van der Waals surface area (Å²) in [4.78, 5) is 16.1. The summed E-state index contributed by atoms with van der Waals surface area (Å²) in [5, 5.41) is 2.64. The Kier molecular flexibility index (Phi) is 6.10. The van der Waals surface area contributed by atoms with Gasteiger partial charge in [0.25, 0.3) is 0 Å². The molecule has 0 aliphatic heterocycles. The third kappa shape index (κ3) is 5.96. The third-order valence-corrected chi connectivity index (χ3v) is 4.09. The Morgan fingerprint density at radius 3 is 2.62 bits per heavy atom. The summed E-state index contributed by atoms with van der Waals surface area (Å²) >= 11 is 0. The number of carbonyl (C=O) groups is 1. The summed E-state index contributed by atoms with van der Waals surface area (Å²) < 4.78 is 38.2. The fraction of sp³-hybridized carbons (Fsp3) is 0.222. The van der Waals surface area contributed by atoms with Crippen molar-refractivity contribution in [2.24, 2.45) is 0 Å². The highest BCUT2D eigenvalue weighted by Gasteiger charge is 2.08. The zero-order valence-electron chi connectivity index (χ0n) is 14.7. The van der Waals surface area contributed by atoms with Crippen LogP contribution in [0.5, 0.6) is 0 Å². The van der Waals surface area contributed by atoms with E-state index in [9.17, 15) is 17.6 Å². The van der Waals surface area contributed by atoms with Crippen LogP contribution in [0.4, 0.5) is 10.1 Å². The molecule has 0 saturated carbocycles. The maximum absolute atomic E-state index is 13.9. The second-order valence-electron chi connectivity index (χ2n) is 5.92. The van der Waals surface area contributed by atoms with E-state index in [0.29, 0.717) is 5.56 Å². The van der Waals surface area contributed by atoms with Crippen molar-refractivity contribution >= 4 is 27.7 Å². The first-order valence-electron chi connectivity index (χ1n) is 7.79.